The van der Waals surface area contributed by atoms with Gasteiger partial charge in [0.15, 0.2) is 0 Å². The topological polar surface area (TPSA) is 95.7 Å². The molecule has 2 N–H and O–H groups in total. The van der Waals surface area contributed by atoms with E-state index < -0.39 is 0 Å². The van der Waals surface area contributed by atoms with E-state index in [1.807, 2.05) is 19.9 Å². The maximum atomic E-state index is 9.65. The number of hydrogen-bond acceptors (Lipinski definition) is 5. The minimum atomic E-state index is 0.159. The molecule has 0 unspecified atom stereocenters. The Bertz CT molecular complexity index is 1160. The first-order valence-corrected chi connectivity index (χ1v) is 9.18. The van der Waals surface area contributed by atoms with Gasteiger partial charge in [-0.3, -0.25) is 0 Å². The van der Waals surface area contributed by atoms with E-state index in [0.29, 0.717) is 30.0 Å². The van der Waals surface area contributed by atoms with Crippen molar-refractivity contribution in [2.75, 3.05) is 5.73 Å². The van der Waals surface area contributed by atoms with Gasteiger partial charge in [-0.1, -0.05) is 15.9 Å². The molecule has 2 aromatic rings. The number of nitrogens with zero attached hydrogens (tertiary/aromatic N) is 3. The first-order valence-electron chi connectivity index (χ1n) is 8.39. The molecule has 0 saturated carbocycles. The maximum Gasteiger partial charge on any atom is 0.142 e. The molecule has 0 bridgehead atoms. The lowest BCUT2D eigenvalue weighted by atomic mass is 9.95. The minimum Gasteiger partial charge on any atom is -0.383 e. The van der Waals surface area contributed by atoms with Gasteiger partial charge in [0, 0.05) is 10.0 Å². The summed E-state index contributed by atoms with van der Waals surface area (Å²) in [6.07, 6.45) is 2.03. The van der Waals surface area contributed by atoms with E-state index in [1.54, 1.807) is 0 Å². The molecular weight excluding hydrogens is 404 g/mol. The summed E-state index contributed by atoms with van der Waals surface area (Å²) in [5.74, 6) is 0.159. The molecule has 5 nitrogen and oxygen atoms in total. The molecule has 2 aliphatic rings. The van der Waals surface area contributed by atoms with Gasteiger partial charge in [-0.15, -0.1) is 0 Å². The van der Waals surface area contributed by atoms with E-state index in [9.17, 15) is 10.5 Å². The van der Waals surface area contributed by atoms with Gasteiger partial charge >= 0.3 is 0 Å². The molecule has 0 spiro atoms. The van der Waals surface area contributed by atoms with Crippen LogP contribution in [0.5, 0.6) is 0 Å². The van der Waals surface area contributed by atoms with Crippen LogP contribution < -0.4 is 5.73 Å². The first kappa shape index (κ1) is 17.5. The molecule has 132 valence electrons. The van der Waals surface area contributed by atoms with Crippen molar-refractivity contribution in [3.63, 3.8) is 0 Å². The van der Waals surface area contributed by atoms with Crippen molar-refractivity contribution in [3.05, 3.63) is 61.3 Å². The van der Waals surface area contributed by atoms with Crippen LogP contribution in [0.15, 0.2) is 22.2 Å². The second kappa shape index (κ2) is 6.35. The van der Waals surface area contributed by atoms with Crippen LogP contribution in [-0.2, 0) is 18.0 Å². The largest absolute Gasteiger partial charge is 0.383 e. The zero-order valence-corrected chi connectivity index (χ0v) is 16.4. The maximum absolute atomic E-state index is 9.65. The average molecular weight is 419 g/mol. The number of benzene rings is 1. The summed E-state index contributed by atoms with van der Waals surface area (Å²) in [5.41, 5.74) is 14.0. The summed E-state index contributed by atoms with van der Waals surface area (Å²) >= 11 is 3.64. The molecule has 6 heteroatoms. The third-order valence-electron chi connectivity index (χ3n) is 5.12. The minimum absolute atomic E-state index is 0.159. The van der Waals surface area contributed by atoms with Crippen LogP contribution in [0.1, 0.15) is 46.0 Å². The number of pyridine rings is 1. The summed E-state index contributed by atoms with van der Waals surface area (Å²) in [5, 5.41) is 19.1. The van der Waals surface area contributed by atoms with Crippen LogP contribution in [-0.4, -0.2) is 4.98 Å². The van der Waals surface area contributed by atoms with Crippen LogP contribution in [0.3, 0.4) is 0 Å². The Morgan fingerprint density at radius 1 is 1.19 bits per heavy atom. The lowest BCUT2D eigenvalue weighted by Crippen LogP contribution is -2.03. The Kier molecular flexibility index (Phi) is 4.11. The highest BCUT2D eigenvalue weighted by atomic mass is 79.9. The quantitative estimate of drug-likeness (QED) is 0.735. The molecule has 1 aromatic heterocycles. The van der Waals surface area contributed by atoms with Crippen molar-refractivity contribution in [3.8, 4) is 12.1 Å². The summed E-state index contributed by atoms with van der Waals surface area (Å²) < 4.78 is 6.47. The fraction of sp³-hybridized carbons (Fsp3) is 0.190. The molecule has 2 heterocycles. The monoisotopic (exact) mass is 418 g/mol. The van der Waals surface area contributed by atoms with Crippen LogP contribution in [0.4, 0.5) is 5.82 Å². The van der Waals surface area contributed by atoms with Crippen molar-refractivity contribution >= 4 is 39.0 Å². The van der Waals surface area contributed by atoms with E-state index in [1.165, 1.54) is 5.56 Å². The van der Waals surface area contributed by atoms with E-state index in [-0.39, 0.29) is 5.82 Å². The molecule has 1 aliphatic carbocycles. The number of allylic oxidation sites excluding steroid dienone is 3. The van der Waals surface area contributed by atoms with Crippen LogP contribution in [0.25, 0.3) is 17.2 Å². The predicted octanol–water partition coefficient (Wildman–Crippen LogP) is 4.49. The first-order chi connectivity index (χ1) is 13.0. The molecule has 0 atom stereocenters. The van der Waals surface area contributed by atoms with Gasteiger partial charge in [0.05, 0.1) is 30.0 Å². The van der Waals surface area contributed by atoms with Crippen LogP contribution >= 0.6 is 15.9 Å². The Hall–Kier alpha value is -2.93. The van der Waals surface area contributed by atoms with Crippen molar-refractivity contribution in [2.45, 2.75) is 27.1 Å². The fourth-order valence-corrected chi connectivity index (χ4v) is 4.18. The van der Waals surface area contributed by atoms with Gasteiger partial charge in [0.1, 0.15) is 18.0 Å². The summed E-state index contributed by atoms with van der Waals surface area (Å²) in [4.78, 5) is 4.36. The standard InChI is InChI=1S/C21H15BrN4O/c1-10-15(4-12-3-13-8-27-9-14(13)5-18(12)22)19-11(2)17(7-24)21(25)26-20(19)16(10)6-23/h3-5H,8-9H2,1-2H3,(H2,25,26)/b15-4+. The Labute approximate surface area is 165 Å². The molecule has 0 amide bonds. The second-order valence-corrected chi connectivity index (χ2v) is 7.49. The highest BCUT2D eigenvalue weighted by molar-refractivity contribution is 9.10. The molecule has 0 radical (unpaired) electrons. The normalized spacial score (nSPS) is 16.3. The second-order valence-electron chi connectivity index (χ2n) is 6.64. The summed E-state index contributed by atoms with van der Waals surface area (Å²) in [7, 11) is 0. The van der Waals surface area contributed by atoms with Gasteiger partial charge in [-0.05, 0) is 65.5 Å². The highest BCUT2D eigenvalue weighted by Crippen LogP contribution is 2.44. The van der Waals surface area contributed by atoms with Gasteiger partial charge in [0.25, 0.3) is 0 Å². The third-order valence-corrected chi connectivity index (χ3v) is 5.80. The number of ether oxygens (including phenoxy) is 1. The average Bonchev–Trinajstić information content (AvgIpc) is 3.18. The van der Waals surface area contributed by atoms with Gasteiger partial charge in [-0.2, -0.15) is 10.5 Å². The number of anilines is 1. The SMILES string of the molecule is CC1=C(C#N)c2nc(N)c(C#N)c(C)c2/C1=C/c1cc2c(cc1Br)COC2. The number of nitriles is 2. The lowest BCUT2D eigenvalue weighted by molar-refractivity contribution is 0.134. The highest BCUT2D eigenvalue weighted by Gasteiger charge is 2.30. The van der Waals surface area contributed by atoms with E-state index >= 15 is 0 Å². The number of nitrogens with two attached hydrogens (primary N) is 1. The number of hydrogen-bond donors (Lipinski definition) is 1. The van der Waals surface area contributed by atoms with Crippen molar-refractivity contribution in [1.82, 2.24) is 4.98 Å². The van der Waals surface area contributed by atoms with Crippen LogP contribution in [0, 0.1) is 29.6 Å². The number of aromatic nitrogens is 1. The fourth-order valence-electron chi connectivity index (χ4n) is 3.68. The number of rotatable bonds is 1. The summed E-state index contributed by atoms with van der Waals surface area (Å²) in [6.45, 7) is 4.98. The van der Waals surface area contributed by atoms with E-state index in [4.69, 9.17) is 10.5 Å². The molecular formula is C21H15BrN4O. The zero-order chi connectivity index (χ0) is 19.3. The molecule has 4 rings (SSSR count). The Morgan fingerprint density at radius 3 is 2.56 bits per heavy atom. The number of nitrogen functional groups attached to an aromatic ring is 1. The third kappa shape index (κ3) is 2.57. The van der Waals surface area contributed by atoms with Crippen molar-refractivity contribution in [1.29, 1.82) is 10.5 Å². The van der Waals surface area contributed by atoms with Crippen molar-refractivity contribution < 1.29 is 4.74 Å². The molecule has 0 fully saturated rings. The van der Waals surface area contributed by atoms with Gasteiger partial charge < -0.3 is 10.5 Å². The van der Waals surface area contributed by atoms with Crippen LogP contribution in [0.2, 0.25) is 0 Å². The predicted molar refractivity (Wildman–Crippen MR) is 107 cm³/mol. The molecule has 27 heavy (non-hydrogen) atoms. The molecule has 0 saturated heterocycles. The van der Waals surface area contributed by atoms with E-state index in [0.717, 1.165) is 37.9 Å². The number of halogens is 1. The lowest BCUT2D eigenvalue weighted by Gasteiger charge is -2.12. The number of fused-ring (bicyclic) bond motifs is 2. The Balaban J connectivity index is 1.99. The van der Waals surface area contributed by atoms with Gasteiger partial charge in [0.2, 0.25) is 0 Å². The van der Waals surface area contributed by atoms with Crippen molar-refractivity contribution in [2.24, 2.45) is 0 Å². The van der Waals surface area contributed by atoms with E-state index in [2.05, 4.69) is 45.2 Å². The molecule has 1 aromatic carbocycles. The summed E-state index contributed by atoms with van der Waals surface area (Å²) in [6, 6.07) is 8.54. The smallest absolute Gasteiger partial charge is 0.142 e. The molecule has 1 aliphatic heterocycles. The Morgan fingerprint density at radius 2 is 1.89 bits per heavy atom. The zero-order valence-electron chi connectivity index (χ0n) is 14.9. The van der Waals surface area contributed by atoms with Gasteiger partial charge in [-0.25, -0.2) is 4.98 Å².